The molecule has 0 spiro atoms. The molecule has 2 rings (SSSR count). The predicted octanol–water partition coefficient (Wildman–Crippen LogP) is 2.22. The zero-order chi connectivity index (χ0) is 14.4. The normalized spacial score (nSPS) is 22.1. The first-order valence-corrected chi connectivity index (χ1v) is 7.77. The number of nitrogens with one attached hydrogen (secondary N) is 1. The van der Waals surface area contributed by atoms with Crippen molar-refractivity contribution in [3.8, 4) is 0 Å². The lowest BCUT2D eigenvalue weighted by molar-refractivity contribution is 0.201. The second kappa shape index (κ2) is 7.77. The van der Waals surface area contributed by atoms with E-state index in [0.29, 0.717) is 6.04 Å². The van der Waals surface area contributed by atoms with Crippen LogP contribution in [0.4, 0.5) is 0 Å². The molecule has 2 atom stereocenters. The van der Waals surface area contributed by atoms with Gasteiger partial charge < -0.3 is 15.1 Å². The molecule has 1 fully saturated rings. The van der Waals surface area contributed by atoms with Crippen LogP contribution in [-0.2, 0) is 0 Å². The van der Waals surface area contributed by atoms with E-state index in [1.165, 1.54) is 31.5 Å². The van der Waals surface area contributed by atoms with Gasteiger partial charge >= 0.3 is 0 Å². The highest BCUT2D eigenvalue weighted by Gasteiger charge is 2.18. The van der Waals surface area contributed by atoms with E-state index in [1.807, 2.05) is 0 Å². The van der Waals surface area contributed by atoms with Crippen LogP contribution in [0, 0.1) is 5.92 Å². The molecule has 0 amide bonds. The second-order valence-corrected chi connectivity index (χ2v) is 6.32. The molecular weight excluding hydrogens is 246 g/mol. The standard InChI is InChI=1S/C17H29N3/c1-19(2)17(16-9-5-4-6-10-16)13-18-12-15-8-7-11-20(3)14-15/h4-6,9-10,15,17-18H,7-8,11-14H2,1-3H3. The van der Waals surface area contributed by atoms with Gasteiger partial charge in [0.1, 0.15) is 0 Å². The third kappa shape index (κ3) is 4.58. The highest BCUT2D eigenvalue weighted by molar-refractivity contribution is 5.19. The number of piperidine rings is 1. The van der Waals surface area contributed by atoms with Crippen LogP contribution in [0.15, 0.2) is 30.3 Å². The van der Waals surface area contributed by atoms with E-state index in [1.54, 1.807) is 0 Å². The lowest BCUT2D eigenvalue weighted by atomic mass is 9.98. The maximum Gasteiger partial charge on any atom is 0.0466 e. The lowest BCUT2D eigenvalue weighted by Gasteiger charge is -2.31. The molecule has 1 heterocycles. The Kier molecular flexibility index (Phi) is 6.02. The van der Waals surface area contributed by atoms with E-state index in [2.05, 4.69) is 66.6 Å². The summed E-state index contributed by atoms with van der Waals surface area (Å²) in [5, 5.41) is 3.69. The maximum atomic E-state index is 3.69. The van der Waals surface area contributed by atoms with Gasteiger partial charge in [0.25, 0.3) is 0 Å². The summed E-state index contributed by atoms with van der Waals surface area (Å²) in [6.45, 7) is 4.67. The van der Waals surface area contributed by atoms with Gasteiger partial charge in [0.2, 0.25) is 0 Å². The van der Waals surface area contributed by atoms with Gasteiger partial charge in [0, 0.05) is 19.1 Å². The van der Waals surface area contributed by atoms with Crippen molar-refractivity contribution in [1.82, 2.24) is 15.1 Å². The summed E-state index contributed by atoms with van der Waals surface area (Å²) in [6.07, 6.45) is 2.72. The van der Waals surface area contributed by atoms with Crippen molar-refractivity contribution in [3.63, 3.8) is 0 Å². The molecule has 3 nitrogen and oxygen atoms in total. The Hall–Kier alpha value is -0.900. The molecule has 112 valence electrons. The summed E-state index contributed by atoms with van der Waals surface area (Å²) in [7, 11) is 6.56. The molecule has 20 heavy (non-hydrogen) atoms. The number of hydrogen-bond acceptors (Lipinski definition) is 3. The molecule has 2 unspecified atom stereocenters. The average molecular weight is 275 g/mol. The van der Waals surface area contributed by atoms with Gasteiger partial charge in [-0.3, -0.25) is 0 Å². The Labute approximate surface area is 124 Å². The minimum atomic E-state index is 0.456. The summed E-state index contributed by atoms with van der Waals surface area (Å²) in [4.78, 5) is 4.76. The highest BCUT2D eigenvalue weighted by Crippen LogP contribution is 2.18. The molecule has 0 aromatic heterocycles. The zero-order valence-corrected chi connectivity index (χ0v) is 13.2. The van der Waals surface area contributed by atoms with Crippen molar-refractivity contribution >= 4 is 0 Å². The SMILES string of the molecule is CN1CCCC(CNCC(c2ccccc2)N(C)C)C1. The van der Waals surface area contributed by atoms with E-state index in [-0.39, 0.29) is 0 Å². The van der Waals surface area contributed by atoms with E-state index < -0.39 is 0 Å². The van der Waals surface area contributed by atoms with E-state index >= 15 is 0 Å². The van der Waals surface area contributed by atoms with Crippen LogP contribution in [0.5, 0.6) is 0 Å². The van der Waals surface area contributed by atoms with E-state index in [0.717, 1.165) is 19.0 Å². The topological polar surface area (TPSA) is 18.5 Å². The van der Waals surface area contributed by atoms with Crippen LogP contribution in [0.2, 0.25) is 0 Å². The fourth-order valence-corrected chi connectivity index (χ4v) is 3.14. The number of nitrogens with zero attached hydrogens (tertiary/aromatic N) is 2. The molecule has 1 aromatic carbocycles. The van der Waals surface area contributed by atoms with Crippen molar-refractivity contribution in [2.75, 3.05) is 47.3 Å². The van der Waals surface area contributed by atoms with Crippen molar-refractivity contribution < 1.29 is 0 Å². The van der Waals surface area contributed by atoms with Crippen LogP contribution in [0.25, 0.3) is 0 Å². The molecule has 0 bridgehead atoms. The Morgan fingerprint density at radius 1 is 1.30 bits per heavy atom. The minimum absolute atomic E-state index is 0.456. The zero-order valence-electron chi connectivity index (χ0n) is 13.2. The van der Waals surface area contributed by atoms with Gasteiger partial charge in [0.15, 0.2) is 0 Å². The molecule has 1 aromatic rings. The summed E-state index contributed by atoms with van der Waals surface area (Å²) in [5.41, 5.74) is 1.39. The van der Waals surface area contributed by atoms with E-state index in [9.17, 15) is 0 Å². The molecule has 1 aliphatic rings. The van der Waals surface area contributed by atoms with Gasteiger partial charge in [-0.25, -0.2) is 0 Å². The summed E-state index contributed by atoms with van der Waals surface area (Å²) < 4.78 is 0. The van der Waals surface area contributed by atoms with E-state index in [4.69, 9.17) is 0 Å². The Bertz CT molecular complexity index is 377. The smallest absolute Gasteiger partial charge is 0.0466 e. The molecular formula is C17H29N3. The Morgan fingerprint density at radius 3 is 2.70 bits per heavy atom. The average Bonchev–Trinajstić information content (AvgIpc) is 2.44. The molecule has 1 aliphatic heterocycles. The van der Waals surface area contributed by atoms with Crippen LogP contribution in [0.1, 0.15) is 24.4 Å². The van der Waals surface area contributed by atoms with Crippen molar-refractivity contribution in [2.24, 2.45) is 5.92 Å². The number of benzene rings is 1. The molecule has 1 saturated heterocycles. The predicted molar refractivity (Wildman–Crippen MR) is 86.0 cm³/mol. The van der Waals surface area contributed by atoms with Crippen LogP contribution in [0.3, 0.4) is 0 Å². The molecule has 1 N–H and O–H groups in total. The first-order chi connectivity index (χ1) is 9.66. The van der Waals surface area contributed by atoms with Crippen molar-refractivity contribution in [3.05, 3.63) is 35.9 Å². The van der Waals surface area contributed by atoms with Crippen LogP contribution < -0.4 is 5.32 Å². The van der Waals surface area contributed by atoms with Gasteiger partial charge in [-0.2, -0.15) is 0 Å². The lowest BCUT2D eigenvalue weighted by Crippen LogP contribution is -2.39. The highest BCUT2D eigenvalue weighted by atomic mass is 15.1. The summed E-state index contributed by atoms with van der Waals surface area (Å²) in [6, 6.07) is 11.2. The minimum Gasteiger partial charge on any atom is -0.315 e. The summed E-state index contributed by atoms with van der Waals surface area (Å²) >= 11 is 0. The van der Waals surface area contributed by atoms with Gasteiger partial charge in [-0.15, -0.1) is 0 Å². The number of rotatable bonds is 6. The first-order valence-electron chi connectivity index (χ1n) is 7.77. The third-order valence-corrected chi connectivity index (χ3v) is 4.30. The number of hydrogen-bond donors (Lipinski definition) is 1. The molecule has 0 aliphatic carbocycles. The summed E-state index contributed by atoms with van der Waals surface area (Å²) in [5.74, 6) is 0.812. The van der Waals surface area contributed by atoms with Crippen molar-refractivity contribution in [1.29, 1.82) is 0 Å². The monoisotopic (exact) mass is 275 g/mol. The fourth-order valence-electron chi connectivity index (χ4n) is 3.14. The first kappa shape index (κ1) is 15.5. The van der Waals surface area contributed by atoms with Crippen LogP contribution in [-0.4, -0.2) is 57.1 Å². The fraction of sp³-hybridized carbons (Fsp3) is 0.647. The Balaban J connectivity index is 1.81. The number of likely N-dealkylation sites (N-methyl/N-ethyl adjacent to an activating group) is 1. The molecule has 3 heteroatoms. The van der Waals surface area contributed by atoms with Gasteiger partial charge in [-0.05, 0) is 58.6 Å². The maximum absolute atomic E-state index is 3.69. The molecule has 0 radical (unpaired) electrons. The second-order valence-electron chi connectivity index (χ2n) is 6.32. The molecule has 0 saturated carbocycles. The largest absolute Gasteiger partial charge is 0.315 e. The Morgan fingerprint density at radius 2 is 2.05 bits per heavy atom. The van der Waals surface area contributed by atoms with Crippen molar-refractivity contribution in [2.45, 2.75) is 18.9 Å². The quantitative estimate of drug-likeness (QED) is 0.859. The van der Waals surface area contributed by atoms with Gasteiger partial charge in [-0.1, -0.05) is 30.3 Å². The van der Waals surface area contributed by atoms with Gasteiger partial charge in [0.05, 0.1) is 0 Å². The van der Waals surface area contributed by atoms with Crippen LogP contribution >= 0.6 is 0 Å². The number of likely N-dealkylation sites (tertiary alicyclic amines) is 1. The third-order valence-electron chi connectivity index (χ3n) is 4.30.